The summed E-state index contributed by atoms with van der Waals surface area (Å²) in [5.41, 5.74) is 0.639. The van der Waals surface area contributed by atoms with Crippen LogP contribution in [0.25, 0.3) is 0 Å². The summed E-state index contributed by atoms with van der Waals surface area (Å²) in [6.45, 7) is 10.1. The van der Waals surface area contributed by atoms with Gasteiger partial charge in [0.05, 0.1) is 12.2 Å². The van der Waals surface area contributed by atoms with Crippen molar-refractivity contribution in [3.05, 3.63) is 12.2 Å². The molecule has 0 aliphatic heterocycles. The summed E-state index contributed by atoms with van der Waals surface area (Å²) >= 11 is 0. The van der Waals surface area contributed by atoms with Crippen LogP contribution in [0.3, 0.4) is 0 Å². The largest absolute Gasteiger partial charge is 0.393 e. The lowest BCUT2D eigenvalue weighted by atomic mass is 9.43. The smallest absolute Gasteiger partial charge is 0.243 e. The van der Waals surface area contributed by atoms with Crippen molar-refractivity contribution < 1.29 is 15.0 Å². The molecule has 0 aromatic heterocycles. The molecule has 4 aliphatic rings. The van der Waals surface area contributed by atoms with Gasteiger partial charge in [-0.3, -0.25) is 4.79 Å². The van der Waals surface area contributed by atoms with Crippen LogP contribution in [0.15, 0.2) is 12.2 Å². The van der Waals surface area contributed by atoms with Crippen LogP contribution in [0.4, 0.5) is 0 Å². The summed E-state index contributed by atoms with van der Waals surface area (Å²) in [4.78, 5) is 11.7. The van der Waals surface area contributed by atoms with Gasteiger partial charge < -0.3 is 15.5 Å². The van der Waals surface area contributed by atoms with Gasteiger partial charge in [-0.25, -0.2) is 0 Å². The van der Waals surface area contributed by atoms with Crippen LogP contribution < -0.4 is 5.32 Å². The summed E-state index contributed by atoms with van der Waals surface area (Å²) in [6.07, 6.45) is 14.4. The van der Waals surface area contributed by atoms with Gasteiger partial charge in [-0.2, -0.15) is 0 Å². The monoisotopic (exact) mass is 445 g/mol. The van der Waals surface area contributed by atoms with Gasteiger partial charge in [0.2, 0.25) is 5.91 Å². The lowest BCUT2D eigenvalue weighted by molar-refractivity contribution is -0.174. The third kappa shape index (κ3) is 4.19. The number of rotatable bonds is 6. The molecular formula is C28H47NO3. The van der Waals surface area contributed by atoms with E-state index in [9.17, 15) is 15.0 Å². The molecule has 10 unspecified atom stereocenters. The molecule has 0 aromatic carbocycles. The van der Waals surface area contributed by atoms with E-state index in [0.29, 0.717) is 47.0 Å². The number of carbonyl (C=O) groups excluding carboxylic acids is 1. The first-order chi connectivity index (χ1) is 15.2. The Morgan fingerprint density at radius 2 is 1.78 bits per heavy atom. The average molecular weight is 446 g/mol. The summed E-state index contributed by atoms with van der Waals surface area (Å²) in [5.74, 6) is 3.57. The van der Waals surface area contributed by atoms with E-state index in [4.69, 9.17) is 0 Å². The molecule has 0 aromatic rings. The van der Waals surface area contributed by atoms with Crippen LogP contribution in [0.1, 0.15) is 91.9 Å². The second kappa shape index (κ2) is 9.41. The zero-order valence-electron chi connectivity index (χ0n) is 20.9. The SMILES string of the molecule is CCNC(=O)C=CCCC(C)C1CCC2C3C(O)CC4CC(O)CCC4(C)C3CCC12C. The molecule has 32 heavy (non-hydrogen) atoms. The normalized spacial score (nSPS) is 46.9. The Hall–Kier alpha value is -0.870. The zero-order chi connectivity index (χ0) is 23.1. The van der Waals surface area contributed by atoms with E-state index in [1.165, 1.54) is 25.7 Å². The maximum atomic E-state index is 11.7. The van der Waals surface area contributed by atoms with Gasteiger partial charge in [0.1, 0.15) is 0 Å². The van der Waals surface area contributed by atoms with Gasteiger partial charge in [0, 0.05) is 6.54 Å². The highest BCUT2D eigenvalue weighted by Crippen LogP contribution is 2.68. The fourth-order valence-electron chi connectivity index (χ4n) is 9.16. The van der Waals surface area contributed by atoms with Gasteiger partial charge >= 0.3 is 0 Å². The third-order valence-electron chi connectivity index (χ3n) is 10.8. The van der Waals surface area contributed by atoms with Crippen molar-refractivity contribution in [2.24, 2.45) is 46.3 Å². The highest BCUT2D eigenvalue weighted by atomic mass is 16.3. The van der Waals surface area contributed by atoms with Crippen molar-refractivity contribution >= 4 is 5.91 Å². The fraction of sp³-hybridized carbons (Fsp3) is 0.893. The lowest BCUT2D eigenvalue weighted by Crippen LogP contribution is -2.58. The molecular weight excluding hydrogens is 398 g/mol. The van der Waals surface area contributed by atoms with Crippen LogP contribution >= 0.6 is 0 Å². The molecule has 4 saturated carbocycles. The van der Waals surface area contributed by atoms with Crippen LogP contribution in [0.5, 0.6) is 0 Å². The molecule has 0 heterocycles. The number of aliphatic hydroxyl groups is 2. The minimum atomic E-state index is -0.193. The number of allylic oxidation sites excluding steroid dienone is 1. The third-order valence-corrected chi connectivity index (χ3v) is 10.8. The van der Waals surface area contributed by atoms with Gasteiger partial charge in [-0.15, -0.1) is 0 Å². The first-order valence-corrected chi connectivity index (χ1v) is 13.5. The van der Waals surface area contributed by atoms with E-state index in [0.717, 1.165) is 44.4 Å². The Labute approximate surface area is 195 Å². The van der Waals surface area contributed by atoms with Crippen molar-refractivity contribution in [3.8, 4) is 0 Å². The summed E-state index contributed by atoms with van der Waals surface area (Å²) < 4.78 is 0. The minimum Gasteiger partial charge on any atom is -0.393 e. The number of carbonyl (C=O) groups is 1. The minimum absolute atomic E-state index is 0.0136. The Morgan fingerprint density at radius 3 is 2.53 bits per heavy atom. The number of hydrogen-bond acceptors (Lipinski definition) is 3. The first-order valence-electron chi connectivity index (χ1n) is 13.5. The van der Waals surface area contributed by atoms with Crippen molar-refractivity contribution in [1.29, 1.82) is 0 Å². The molecule has 4 rings (SSSR count). The van der Waals surface area contributed by atoms with Crippen LogP contribution in [0.2, 0.25) is 0 Å². The predicted octanol–water partition coefficient (Wildman–Crippen LogP) is 5.09. The van der Waals surface area contributed by atoms with E-state index >= 15 is 0 Å². The molecule has 4 nitrogen and oxygen atoms in total. The summed E-state index contributed by atoms with van der Waals surface area (Å²) in [7, 11) is 0. The molecule has 0 spiro atoms. The van der Waals surface area contributed by atoms with Gasteiger partial charge in [0.15, 0.2) is 0 Å². The van der Waals surface area contributed by atoms with Crippen LogP contribution in [0, 0.1) is 46.3 Å². The van der Waals surface area contributed by atoms with Crippen molar-refractivity contribution in [1.82, 2.24) is 5.32 Å². The molecule has 4 heteroatoms. The average Bonchev–Trinajstić information content (AvgIpc) is 3.10. The Bertz CT molecular complexity index is 707. The standard InChI is InChI=1S/C28H47NO3/c1-5-29-25(32)9-7-6-8-18(2)21-10-11-22-26-23(13-15-28(21,22)4)27(3)14-12-20(30)16-19(27)17-24(26)31/h7,9,18-24,26,30-31H,5-6,8,10-17H2,1-4H3,(H,29,32). The molecule has 0 saturated heterocycles. The van der Waals surface area contributed by atoms with Crippen LogP contribution in [-0.2, 0) is 4.79 Å². The van der Waals surface area contributed by atoms with Crippen LogP contribution in [-0.4, -0.2) is 34.9 Å². The quantitative estimate of drug-likeness (QED) is 0.499. The highest BCUT2D eigenvalue weighted by molar-refractivity contribution is 5.87. The highest BCUT2D eigenvalue weighted by Gasteiger charge is 2.62. The van der Waals surface area contributed by atoms with E-state index in [1.54, 1.807) is 6.08 Å². The second-order valence-corrected chi connectivity index (χ2v) is 12.3. The molecule has 10 atom stereocenters. The number of fused-ring (bicyclic) bond motifs is 5. The Kier molecular flexibility index (Phi) is 7.13. The Balaban J connectivity index is 1.43. The van der Waals surface area contributed by atoms with E-state index in [1.807, 2.05) is 13.0 Å². The second-order valence-electron chi connectivity index (χ2n) is 12.3. The molecule has 182 valence electrons. The van der Waals surface area contributed by atoms with Gasteiger partial charge in [-0.1, -0.05) is 26.8 Å². The maximum Gasteiger partial charge on any atom is 0.243 e. The zero-order valence-corrected chi connectivity index (χ0v) is 20.9. The molecule has 4 aliphatic carbocycles. The molecule has 1 amide bonds. The molecule has 0 bridgehead atoms. The Morgan fingerprint density at radius 1 is 1.06 bits per heavy atom. The fourth-order valence-corrected chi connectivity index (χ4v) is 9.16. The number of nitrogens with one attached hydrogen (secondary N) is 1. The van der Waals surface area contributed by atoms with Crippen molar-refractivity contribution in [2.75, 3.05) is 6.54 Å². The number of likely N-dealkylation sites (N-methyl/N-ethyl adjacent to an activating group) is 1. The number of aliphatic hydroxyl groups excluding tert-OH is 2. The predicted molar refractivity (Wildman–Crippen MR) is 129 cm³/mol. The lowest BCUT2D eigenvalue weighted by Gasteiger charge is -2.62. The molecule has 4 fully saturated rings. The molecule has 0 radical (unpaired) electrons. The van der Waals surface area contributed by atoms with Gasteiger partial charge in [0.25, 0.3) is 0 Å². The maximum absolute atomic E-state index is 11.7. The van der Waals surface area contributed by atoms with E-state index in [2.05, 4.69) is 26.1 Å². The topological polar surface area (TPSA) is 69.6 Å². The van der Waals surface area contributed by atoms with Crippen molar-refractivity contribution in [3.63, 3.8) is 0 Å². The molecule has 3 N–H and O–H groups in total. The van der Waals surface area contributed by atoms with E-state index in [-0.39, 0.29) is 18.1 Å². The van der Waals surface area contributed by atoms with Gasteiger partial charge in [-0.05, 0) is 124 Å². The van der Waals surface area contributed by atoms with Crippen molar-refractivity contribution in [2.45, 2.75) is 104 Å². The first kappa shape index (κ1) is 24.3. The summed E-state index contributed by atoms with van der Waals surface area (Å²) in [5, 5.41) is 24.5. The summed E-state index contributed by atoms with van der Waals surface area (Å²) in [6, 6.07) is 0. The van der Waals surface area contributed by atoms with E-state index < -0.39 is 0 Å². The number of amides is 1. The number of hydrogen-bond donors (Lipinski definition) is 3.